The van der Waals surface area contributed by atoms with Crippen LogP contribution in [0.4, 0.5) is 0 Å². The maximum absolute atomic E-state index is 12.4. The Morgan fingerprint density at radius 1 is 1.48 bits per heavy atom. The second-order valence-corrected chi connectivity index (χ2v) is 6.27. The fourth-order valence-electron chi connectivity index (χ4n) is 3.17. The molecule has 120 valence electrons. The van der Waals surface area contributed by atoms with Crippen LogP contribution in [0, 0.1) is 11.8 Å². The number of hydrogen-bond donors (Lipinski definition) is 1. The molecule has 4 heteroatoms. The summed E-state index contributed by atoms with van der Waals surface area (Å²) in [5, 5.41) is 9.16. The average molecular weight is 295 g/mol. The molecule has 4 nitrogen and oxygen atoms in total. The van der Waals surface area contributed by atoms with Crippen LogP contribution in [0.2, 0.25) is 0 Å². The van der Waals surface area contributed by atoms with Gasteiger partial charge in [0.05, 0.1) is 0 Å². The molecule has 3 atom stereocenters. The Bertz CT molecular complexity index is 367. The van der Waals surface area contributed by atoms with Gasteiger partial charge in [-0.3, -0.25) is 4.79 Å². The SMILES string of the molecule is C=CCCC(C)C[C@@H](CC)CC(=O)N1CCC[C@H]1C(=O)O. The number of carboxylic acids is 1. The number of amides is 1. The maximum Gasteiger partial charge on any atom is 0.326 e. The Balaban J connectivity index is 2.50. The van der Waals surface area contributed by atoms with E-state index in [9.17, 15) is 9.59 Å². The van der Waals surface area contributed by atoms with E-state index in [0.29, 0.717) is 31.2 Å². The molecule has 1 aliphatic rings. The Hall–Kier alpha value is -1.32. The fraction of sp³-hybridized carbons (Fsp3) is 0.765. The topological polar surface area (TPSA) is 57.6 Å². The first kappa shape index (κ1) is 17.7. The number of likely N-dealkylation sites (tertiary alicyclic amines) is 1. The third-order valence-electron chi connectivity index (χ3n) is 4.50. The molecule has 1 fully saturated rings. The van der Waals surface area contributed by atoms with Crippen LogP contribution in [0.1, 0.15) is 58.8 Å². The van der Waals surface area contributed by atoms with Gasteiger partial charge in [-0.05, 0) is 43.9 Å². The van der Waals surface area contributed by atoms with Crippen LogP contribution in [-0.2, 0) is 9.59 Å². The normalized spacial score (nSPS) is 21.0. The summed E-state index contributed by atoms with van der Waals surface area (Å²) in [5.41, 5.74) is 0. The van der Waals surface area contributed by atoms with Gasteiger partial charge in [0.1, 0.15) is 6.04 Å². The summed E-state index contributed by atoms with van der Waals surface area (Å²) in [4.78, 5) is 25.1. The van der Waals surface area contributed by atoms with Crippen LogP contribution in [0.3, 0.4) is 0 Å². The second-order valence-electron chi connectivity index (χ2n) is 6.27. The number of allylic oxidation sites excluding steroid dienone is 1. The van der Waals surface area contributed by atoms with Gasteiger partial charge in [0.15, 0.2) is 0 Å². The van der Waals surface area contributed by atoms with Crippen molar-refractivity contribution >= 4 is 11.9 Å². The summed E-state index contributed by atoms with van der Waals surface area (Å²) in [5.74, 6) is 0.0814. The highest BCUT2D eigenvalue weighted by Crippen LogP contribution is 2.25. The molecule has 0 aromatic rings. The highest BCUT2D eigenvalue weighted by molar-refractivity contribution is 5.84. The van der Waals surface area contributed by atoms with Crippen molar-refractivity contribution in [1.82, 2.24) is 4.90 Å². The summed E-state index contributed by atoms with van der Waals surface area (Å²) in [6.07, 6.45) is 7.93. The molecule has 1 aliphatic heterocycles. The summed E-state index contributed by atoms with van der Waals surface area (Å²) in [6, 6.07) is -0.604. The summed E-state index contributed by atoms with van der Waals surface area (Å²) in [7, 11) is 0. The third-order valence-corrected chi connectivity index (χ3v) is 4.50. The number of aliphatic carboxylic acids is 1. The highest BCUT2D eigenvalue weighted by Gasteiger charge is 2.34. The van der Waals surface area contributed by atoms with Crippen LogP contribution in [0.5, 0.6) is 0 Å². The lowest BCUT2D eigenvalue weighted by Crippen LogP contribution is -2.41. The lowest BCUT2D eigenvalue weighted by atomic mass is 9.88. The zero-order valence-corrected chi connectivity index (χ0v) is 13.4. The average Bonchev–Trinajstić information content (AvgIpc) is 2.93. The number of carbonyl (C=O) groups excluding carboxylic acids is 1. The molecule has 1 rings (SSSR count). The molecular weight excluding hydrogens is 266 g/mol. The standard InChI is InChI=1S/C17H29NO3/c1-4-6-8-13(3)11-14(5-2)12-16(19)18-10-7-9-15(18)17(20)21/h4,13-15H,1,5-12H2,2-3H3,(H,20,21)/t13?,14-,15+/m1/s1. The number of rotatable bonds is 9. The first-order valence-corrected chi connectivity index (χ1v) is 8.12. The zero-order chi connectivity index (χ0) is 15.8. The Kier molecular flexibility index (Phi) is 7.48. The molecule has 0 aromatic heterocycles. The van der Waals surface area contributed by atoms with Crippen LogP contribution >= 0.6 is 0 Å². The van der Waals surface area contributed by atoms with Crippen molar-refractivity contribution in [2.75, 3.05) is 6.54 Å². The lowest BCUT2D eigenvalue weighted by Gasteiger charge is -2.25. The van der Waals surface area contributed by atoms with Crippen molar-refractivity contribution in [3.05, 3.63) is 12.7 Å². The molecule has 1 unspecified atom stereocenters. The summed E-state index contributed by atoms with van der Waals surface area (Å²) >= 11 is 0. The Labute approximate surface area is 128 Å². The van der Waals surface area contributed by atoms with Gasteiger partial charge in [-0.15, -0.1) is 6.58 Å². The quantitative estimate of drug-likeness (QED) is 0.663. The van der Waals surface area contributed by atoms with Gasteiger partial charge in [0.25, 0.3) is 0 Å². The van der Waals surface area contributed by atoms with Crippen molar-refractivity contribution in [2.24, 2.45) is 11.8 Å². The van der Waals surface area contributed by atoms with E-state index in [0.717, 1.165) is 32.1 Å². The third kappa shape index (κ3) is 5.52. The number of hydrogen-bond acceptors (Lipinski definition) is 2. The first-order valence-electron chi connectivity index (χ1n) is 8.12. The van der Waals surface area contributed by atoms with Gasteiger partial charge in [0.2, 0.25) is 5.91 Å². The molecule has 0 saturated carbocycles. The van der Waals surface area contributed by atoms with Gasteiger partial charge in [-0.2, -0.15) is 0 Å². The van der Waals surface area contributed by atoms with Crippen LogP contribution in [0.25, 0.3) is 0 Å². The van der Waals surface area contributed by atoms with Crippen molar-refractivity contribution in [2.45, 2.75) is 64.8 Å². The van der Waals surface area contributed by atoms with E-state index in [1.165, 1.54) is 0 Å². The fourth-order valence-corrected chi connectivity index (χ4v) is 3.17. The van der Waals surface area contributed by atoms with E-state index in [2.05, 4.69) is 20.4 Å². The molecule has 0 aliphatic carbocycles. The zero-order valence-electron chi connectivity index (χ0n) is 13.4. The van der Waals surface area contributed by atoms with Gasteiger partial charge < -0.3 is 10.0 Å². The largest absolute Gasteiger partial charge is 0.480 e. The maximum atomic E-state index is 12.4. The molecule has 0 spiro atoms. The van der Waals surface area contributed by atoms with Crippen LogP contribution < -0.4 is 0 Å². The Morgan fingerprint density at radius 3 is 2.76 bits per heavy atom. The predicted molar refractivity (Wildman–Crippen MR) is 84.0 cm³/mol. The molecular formula is C17H29NO3. The van der Waals surface area contributed by atoms with Gasteiger partial charge >= 0.3 is 5.97 Å². The Morgan fingerprint density at radius 2 is 2.19 bits per heavy atom. The molecule has 1 amide bonds. The van der Waals surface area contributed by atoms with Crippen molar-refractivity contribution in [1.29, 1.82) is 0 Å². The molecule has 1 saturated heterocycles. The predicted octanol–water partition coefficient (Wildman–Crippen LogP) is 3.47. The minimum atomic E-state index is -0.867. The van der Waals surface area contributed by atoms with E-state index in [4.69, 9.17) is 5.11 Å². The monoisotopic (exact) mass is 295 g/mol. The minimum Gasteiger partial charge on any atom is -0.480 e. The van der Waals surface area contributed by atoms with E-state index in [-0.39, 0.29) is 5.91 Å². The van der Waals surface area contributed by atoms with Gasteiger partial charge in [0, 0.05) is 13.0 Å². The number of nitrogens with zero attached hydrogens (tertiary/aromatic N) is 1. The lowest BCUT2D eigenvalue weighted by molar-refractivity contribution is -0.148. The van der Waals surface area contributed by atoms with E-state index in [1.807, 2.05) is 6.08 Å². The molecule has 1 N–H and O–H groups in total. The highest BCUT2D eigenvalue weighted by atomic mass is 16.4. The minimum absolute atomic E-state index is 0.0164. The van der Waals surface area contributed by atoms with E-state index >= 15 is 0 Å². The van der Waals surface area contributed by atoms with Crippen molar-refractivity contribution < 1.29 is 14.7 Å². The second kappa shape index (κ2) is 8.85. The van der Waals surface area contributed by atoms with Crippen LogP contribution in [0.15, 0.2) is 12.7 Å². The number of carbonyl (C=O) groups is 2. The van der Waals surface area contributed by atoms with E-state index < -0.39 is 12.0 Å². The van der Waals surface area contributed by atoms with Crippen LogP contribution in [-0.4, -0.2) is 34.5 Å². The number of carboxylic acid groups (broad SMARTS) is 1. The van der Waals surface area contributed by atoms with E-state index in [1.54, 1.807) is 4.90 Å². The summed E-state index contributed by atoms with van der Waals surface area (Å²) in [6.45, 7) is 8.66. The smallest absolute Gasteiger partial charge is 0.326 e. The van der Waals surface area contributed by atoms with Gasteiger partial charge in [-0.25, -0.2) is 4.79 Å². The van der Waals surface area contributed by atoms with Gasteiger partial charge in [-0.1, -0.05) is 26.3 Å². The first-order chi connectivity index (χ1) is 9.99. The molecule has 1 heterocycles. The molecule has 21 heavy (non-hydrogen) atoms. The molecule has 0 aromatic carbocycles. The van der Waals surface area contributed by atoms with Crippen molar-refractivity contribution in [3.8, 4) is 0 Å². The summed E-state index contributed by atoms with van der Waals surface area (Å²) < 4.78 is 0. The van der Waals surface area contributed by atoms with Crippen molar-refractivity contribution in [3.63, 3.8) is 0 Å². The molecule has 0 radical (unpaired) electrons. The molecule has 0 bridgehead atoms.